The summed E-state index contributed by atoms with van der Waals surface area (Å²) in [6, 6.07) is 13.7. The van der Waals surface area contributed by atoms with Gasteiger partial charge in [-0.25, -0.2) is 4.99 Å². The number of hydrogen-bond donors (Lipinski definition) is 3. The zero-order chi connectivity index (χ0) is 15.4. The molecule has 0 unspecified atom stereocenters. The van der Waals surface area contributed by atoms with Crippen molar-refractivity contribution < 1.29 is 0 Å². The topological polar surface area (TPSA) is 92.7 Å². The van der Waals surface area contributed by atoms with Gasteiger partial charge in [0.25, 0.3) is 0 Å². The molecule has 22 heavy (non-hydrogen) atoms. The van der Waals surface area contributed by atoms with E-state index in [1.54, 1.807) is 12.4 Å². The molecule has 2 heterocycles. The van der Waals surface area contributed by atoms with Gasteiger partial charge in [0.1, 0.15) is 17.5 Å². The zero-order valence-electron chi connectivity index (χ0n) is 11.3. The number of aromatic nitrogens is 3. The number of aromatic amines is 2. The molecule has 108 valence electrons. The van der Waals surface area contributed by atoms with Crippen LogP contribution in [0.1, 0.15) is 11.3 Å². The number of rotatable bonds is 4. The molecule has 3 rings (SSSR count). The highest BCUT2D eigenvalue weighted by Gasteiger charge is 2.12. The highest BCUT2D eigenvalue weighted by atomic mass is 127. The Morgan fingerprint density at radius 3 is 2.77 bits per heavy atom. The molecule has 2 aromatic heterocycles. The van der Waals surface area contributed by atoms with E-state index in [4.69, 9.17) is 0 Å². The van der Waals surface area contributed by atoms with Crippen molar-refractivity contribution >= 4 is 46.1 Å². The largest absolute Gasteiger partial charge is 0.360 e. The Balaban J connectivity index is 1.84. The van der Waals surface area contributed by atoms with Crippen LogP contribution >= 0.6 is 22.6 Å². The Labute approximate surface area is 140 Å². The first-order chi connectivity index (χ1) is 10.8. The van der Waals surface area contributed by atoms with Gasteiger partial charge in [0.05, 0.1) is 11.9 Å². The molecule has 1 aromatic carbocycles. The van der Waals surface area contributed by atoms with E-state index < -0.39 is 0 Å². The maximum Gasteiger partial charge on any atom is 0.193 e. The van der Waals surface area contributed by atoms with Crippen molar-refractivity contribution in [2.45, 2.75) is 0 Å². The number of nitrogens with zero attached hydrogens (tertiary/aromatic N) is 3. The SMILES string of the molecule is N#Cc1c(N=Cc2ccc[nH]2)n[nH]c1Nc1ccc(I)cc1. The van der Waals surface area contributed by atoms with Crippen LogP contribution in [0, 0.1) is 14.9 Å². The van der Waals surface area contributed by atoms with Crippen LogP contribution < -0.4 is 5.32 Å². The van der Waals surface area contributed by atoms with Crippen molar-refractivity contribution in [1.82, 2.24) is 15.2 Å². The Morgan fingerprint density at radius 2 is 2.09 bits per heavy atom. The lowest BCUT2D eigenvalue weighted by molar-refractivity contribution is 1.09. The average Bonchev–Trinajstić information content (AvgIpc) is 3.17. The molecule has 0 aliphatic carbocycles. The molecule has 0 spiro atoms. The summed E-state index contributed by atoms with van der Waals surface area (Å²) in [7, 11) is 0. The number of hydrogen-bond acceptors (Lipinski definition) is 4. The minimum absolute atomic E-state index is 0.352. The summed E-state index contributed by atoms with van der Waals surface area (Å²) in [6.45, 7) is 0. The van der Waals surface area contributed by atoms with Crippen LogP contribution in [-0.2, 0) is 0 Å². The van der Waals surface area contributed by atoms with Gasteiger partial charge in [0.15, 0.2) is 5.82 Å². The molecule has 0 amide bonds. The minimum atomic E-state index is 0.352. The summed E-state index contributed by atoms with van der Waals surface area (Å²) in [5, 5.41) is 19.4. The van der Waals surface area contributed by atoms with Crippen molar-refractivity contribution in [3.63, 3.8) is 0 Å². The molecule has 0 aliphatic rings. The standard InChI is InChI=1S/C15H11IN6/c16-10-3-5-11(6-4-10)20-15-13(8-17)14(21-22-15)19-9-12-2-1-7-18-12/h1-7,9,18H,(H2,20,21,22). The van der Waals surface area contributed by atoms with Gasteiger partial charge in [0, 0.05) is 15.5 Å². The second kappa shape index (κ2) is 6.44. The van der Waals surface area contributed by atoms with Crippen LogP contribution in [0.2, 0.25) is 0 Å². The van der Waals surface area contributed by atoms with E-state index in [9.17, 15) is 5.26 Å². The molecule has 3 N–H and O–H groups in total. The van der Waals surface area contributed by atoms with Gasteiger partial charge in [0.2, 0.25) is 0 Å². The number of anilines is 2. The van der Waals surface area contributed by atoms with Crippen molar-refractivity contribution in [3.8, 4) is 6.07 Å². The molecule has 0 fully saturated rings. The van der Waals surface area contributed by atoms with Crippen molar-refractivity contribution in [3.05, 3.63) is 57.4 Å². The molecule has 6 nitrogen and oxygen atoms in total. The zero-order valence-corrected chi connectivity index (χ0v) is 13.5. The van der Waals surface area contributed by atoms with Crippen molar-refractivity contribution in [2.24, 2.45) is 4.99 Å². The van der Waals surface area contributed by atoms with E-state index in [-0.39, 0.29) is 0 Å². The van der Waals surface area contributed by atoms with Crippen LogP contribution in [0.4, 0.5) is 17.3 Å². The van der Waals surface area contributed by atoms with Gasteiger partial charge < -0.3 is 10.3 Å². The highest BCUT2D eigenvalue weighted by molar-refractivity contribution is 14.1. The number of aliphatic imine (C=N–C) groups is 1. The first kappa shape index (κ1) is 14.3. The van der Waals surface area contributed by atoms with Crippen LogP contribution in [0.3, 0.4) is 0 Å². The summed E-state index contributed by atoms with van der Waals surface area (Å²) < 4.78 is 1.14. The molecule has 0 atom stereocenters. The van der Waals surface area contributed by atoms with Gasteiger partial charge in [-0.1, -0.05) is 0 Å². The Kier molecular flexibility index (Phi) is 4.20. The van der Waals surface area contributed by atoms with E-state index in [1.807, 2.05) is 36.4 Å². The molecular weight excluding hydrogens is 391 g/mol. The van der Waals surface area contributed by atoms with Crippen molar-refractivity contribution in [1.29, 1.82) is 5.26 Å². The fourth-order valence-corrected chi connectivity index (χ4v) is 2.21. The second-order valence-corrected chi connectivity index (χ2v) is 5.67. The number of H-pyrrole nitrogens is 2. The Bertz CT molecular complexity index is 824. The molecule has 7 heteroatoms. The quantitative estimate of drug-likeness (QED) is 0.459. The molecule has 0 saturated carbocycles. The van der Waals surface area contributed by atoms with Gasteiger partial charge in [-0.2, -0.15) is 10.4 Å². The summed E-state index contributed by atoms with van der Waals surface area (Å²) in [6.07, 6.45) is 3.44. The first-order valence-electron chi connectivity index (χ1n) is 6.45. The van der Waals surface area contributed by atoms with E-state index in [0.717, 1.165) is 15.0 Å². The predicted molar refractivity (Wildman–Crippen MR) is 93.8 cm³/mol. The predicted octanol–water partition coefficient (Wildman–Crippen LogP) is 3.71. The van der Waals surface area contributed by atoms with E-state index >= 15 is 0 Å². The van der Waals surface area contributed by atoms with Crippen molar-refractivity contribution in [2.75, 3.05) is 5.32 Å². The number of nitriles is 1. The summed E-state index contributed by atoms with van der Waals surface area (Å²) >= 11 is 2.24. The summed E-state index contributed by atoms with van der Waals surface area (Å²) in [5.74, 6) is 0.882. The number of benzene rings is 1. The number of nitrogens with one attached hydrogen (secondary N) is 3. The highest BCUT2D eigenvalue weighted by Crippen LogP contribution is 2.25. The molecule has 0 saturated heterocycles. The van der Waals surface area contributed by atoms with Crippen LogP contribution in [0.5, 0.6) is 0 Å². The Morgan fingerprint density at radius 1 is 1.27 bits per heavy atom. The lowest BCUT2D eigenvalue weighted by Crippen LogP contribution is -1.92. The fraction of sp³-hybridized carbons (Fsp3) is 0. The Hall–Kier alpha value is -2.60. The third-order valence-electron chi connectivity index (χ3n) is 2.92. The molecule has 0 bridgehead atoms. The van der Waals surface area contributed by atoms with E-state index in [2.05, 4.69) is 54.2 Å². The van der Waals surface area contributed by atoms with E-state index in [1.165, 1.54) is 0 Å². The second-order valence-electron chi connectivity index (χ2n) is 4.42. The normalized spacial score (nSPS) is 10.7. The first-order valence-corrected chi connectivity index (χ1v) is 7.52. The van der Waals surface area contributed by atoms with Gasteiger partial charge in [-0.3, -0.25) is 5.10 Å². The van der Waals surface area contributed by atoms with E-state index in [0.29, 0.717) is 17.2 Å². The molecule has 3 aromatic rings. The molecule has 0 radical (unpaired) electrons. The molecular formula is C15H11IN6. The third kappa shape index (κ3) is 3.17. The lowest BCUT2D eigenvalue weighted by Gasteiger charge is -2.03. The monoisotopic (exact) mass is 402 g/mol. The average molecular weight is 402 g/mol. The summed E-state index contributed by atoms with van der Waals surface area (Å²) in [5.41, 5.74) is 2.10. The maximum atomic E-state index is 9.33. The van der Waals surface area contributed by atoms with Gasteiger partial charge >= 0.3 is 0 Å². The maximum absolute atomic E-state index is 9.33. The van der Waals surface area contributed by atoms with Gasteiger partial charge in [-0.15, -0.1) is 0 Å². The minimum Gasteiger partial charge on any atom is -0.360 e. The van der Waals surface area contributed by atoms with Crippen LogP contribution in [-0.4, -0.2) is 21.4 Å². The third-order valence-corrected chi connectivity index (χ3v) is 3.64. The van der Waals surface area contributed by atoms with Crippen LogP contribution in [0.25, 0.3) is 0 Å². The van der Waals surface area contributed by atoms with Crippen LogP contribution in [0.15, 0.2) is 47.6 Å². The lowest BCUT2D eigenvalue weighted by atomic mass is 10.3. The number of halogens is 1. The van der Waals surface area contributed by atoms with Gasteiger partial charge in [-0.05, 0) is 59.0 Å². The molecule has 0 aliphatic heterocycles. The summed E-state index contributed by atoms with van der Waals surface area (Å²) in [4.78, 5) is 7.24. The smallest absolute Gasteiger partial charge is 0.193 e. The fourth-order valence-electron chi connectivity index (χ4n) is 1.86.